The lowest BCUT2D eigenvalue weighted by Crippen LogP contribution is -1.99. The summed E-state index contributed by atoms with van der Waals surface area (Å²) in [6.07, 6.45) is 3.24. The van der Waals surface area contributed by atoms with Gasteiger partial charge in [0.05, 0.1) is 6.20 Å². The quantitative estimate of drug-likeness (QED) is 0.909. The molecule has 88 valence electrons. The molecule has 0 aliphatic rings. The van der Waals surface area contributed by atoms with Gasteiger partial charge in [-0.3, -0.25) is 4.98 Å². The average Bonchev–Trinajstić information content (AvgIpc) is 2.35. The van der Waals surface area contributed by atoms with Crippen molar-refractivity contribution in [2.75, 3.05) is 0 Å². The minimum Gasteiger partial charge on any atom is -0.436 e. The Hall–Kier alpha value is -1.65. The van der Waals surface area contributed by atoms with Gasteiger partial charge in [0.25, 0.3) is 0 Å². The summed E-state index contributed by atoms with van der Waals surface area (Å²) in [6, 6.07) is 5.44. The highest BCUT2D eigenvalue weighted by molar-refractivity contribution is 6.32. The zero-order valence-corrected chi connectivity index (χ0v) is 10.1. The molecule has 0 aliphatic heterocycles. The minimum atomic E-state index is 0.347. The Bertz CT molecular complexity index is 514. The number of hydrogen-bond donors (Lipinski definition) is 1. The van der Waals surface area contributed by atoms with Crippen molar-refractivity contribution in [2.24, 2.45) is 5.73 Å². The predicted molar refractivity (Wildman–Crippen MR) is 66.2 cm³/mol. The summed E-state index contributed by atoms with van der Waals surface area (Å²) in [5, 5.41) is 0.440. The van der Waals surface area contributed by atoms with Crippen LogP contribution in [0.5, 0.6) is 11.6 Å². The van der Waals surface area contributed by atoms with E-state index in [0.29, 0.717) is 23.2 Å². The zero-order valence-electron chi connectivity index (χ0n) is 9.35. The zero-order chi connectivity index (χ0) is 12.3. The van der Waals surface area contributed by atoms with Crippen LogP contribution < -0.4 is 10.5 Å². The molecule has 2 rings (SSSR count). The van der Waals surface area contributed by atoms with Crippen LogP contribution >= 0.6 is 11.6 Å². The molecule has 2 heterocycles. The summed E-state index contributed by atoms with van der Waals surface area (Å²) < 4.78 is 5.55. The van der Waals surface area contributed by atoms with Crippen LogP contribution in [0.2, 0.25) is 5.02 Å². The molecule has 2 N–H and O–H groups in total. The van der Waals surface area contributed by atoms with Crippen LogP contribution in [0.25, 0.3) is 0 Å². The van der Waals surface area contributed by atoms with Crippen molar-refractivity contribution in [3.63, 3.8) is 0 Å². The van der Waals surface area contributed by atoms with Crippen LogP contribution in [0.4, 0.5) is 0 Å². The van der Waals surface area contributed by atoms with Gasteiger partial charge in [-0.2, -0.15) is 0 Å². The maximum Gasteiger partial charge on any atom is 0.238 e. The topological polar surface area (TPSA) is 61.0 Å². The lowest BCUT2D eigenvalue weighted by molar-refractivity contribution is 0.460. The molecule has 0 aromatic carbocycles. The molecule has 4 nitrogen and oxygen atoms in total. The molecule has 0 saturated carbocycles. The van der Waals surface area contributed by atoms with Crippen molar-refractivity contribution in [2.45, 2.75) is 13.5 Å². The molecule has 0 unspecified atom stereocenters. The van der Waals surface area contributed by atoms with Crippen molar-refractivity contribution < 1.29 is 4.74 Å². The lowest BCUT2D eigenvalue weighted by atomic mass is 10.3. The smallest absolute Gasteiger partial charge is 0.238 e. The molecule has 5 heteroatoms. The molecule has 0 bridgehead atoms. The van der Waals surface area contributed by atoms with Gasteiger partial charge in [0.1, 0.15) is 10.8 Å². The first kappa shape index (κ1) is 11.8. The molecular weight excluding hydrogens is 238 g/mol. The lowest BCUT2D eigenvalue weighted by Gasteiger charge is -2.08. The maximum atomic E-state index is 6.10. The van der Waals surface area contributed by atoms with E-state index in [-0.39, 0.29) is 0 Å². The predicted octanol–water partition coefficient (Wildman–Crippen LogP) is 2.69. The summed E-state index contributed by atoms with van der Waals surface area (Å²) >= 11 is 6.10. The first-order valence-electron chi connectivity index (χ1n) is 5.14. The number of aromatic nitrogens is 2. The fourth-order valence-electron chi connectivity index (χ4n) is 1.32. The van der Waals surface area contributed by atoms with E-state index in [4.69, 9.17) is 22.1 Å². The van der Waals surface area contributed by atoms with E-state index >= 15 is 0 Å². The van der Waals surface area contributed by atoms with Crippen molar-refractivity contribution >= 4 is 11.6 Å². The Morgan fingerprint density at radius 2 is 2.12 bits per heavy atom. The number of nitrogens with zero attached hydrogens (tertiary/aromatic N) is 2. The van der Waals surface area contributed by atoms with Crippen molar-refractivity contribution in [1.29, 1.82) is 0 Å². The molecule has 0 atom stereocenters. The second-order valence-corrected chi connectivity index (χ2v) is 3.91. The SMILES string of the molecule is Cc1ccc(Oc2nccc(CN)c2Cl)cn1. The van der Waals surface area contributed by atoms with Crippen LogP contribution in [0.1, 0.15) is 11.3 Å². The van der Waals surface area contributed by atoms with Crippen LogP contribution in [0.3, 0.4) is 0 Å². The number of halogens is 1. The van der Waals surface area contributed by atoms with E-state index in [1.165, 1.54) is 0 Å². The number of aryl methyl sites for hydroxylation is 1. The Balaban J connectivity index is 2.27. The van der Waals surface area contributed by atoms with Gasteiger partial charge < -0.3 is 10.5 Å². The molecule has 0 amide bonds. The molecule has 17 heavy (non-hydrogen) atoms. The summed E-state index contributed by atoms with van der Waals surface area (Å²) in [7, 11) is 0. The standard InChI is InChI=1S/C12H12ClN3O/c1-8-2-3-10(7-16-8)17-12-11(13)9(6-14)4-5-15-12/h2-5,7H,6,14H2,1H3. The van der Waals surface area contributed by atoms with Gasteiger partial charge in [-0.15, -0.1) is 0 Å². The average molecular weight is 250 g/mol. The molecule has 2 aromatic heterocycles. The molecule has 2 aromatic rings. The van der Waals surface area contributed by atoms with Gasteiger partial charge in [0.2, 0.25) is 5.88 Å². The van der Waals surface area contributed by atoms with Gasteiger partial charge in [-0.1, -0.05) is 11.6 Å². The fraction of sp³-hybridized carbons (Fsp3) is 0.167. The van der Waals surface area contributed by atoms with Crippen molar-refractivity contribution in [3.8, 4) is 11.6 Å². The third kappa shape index (κ3) is 2.72. The Kier molecular flexibility index (Phi) is 3.56. The maximum absolute atomic E-state index is 6.10. The van der Waals surface area contributed by atoms with E-state index in [1.807, 2.05) is 19.1 Å². The third-order valence-electron chi connectivity index (χ3n) is 2.26. The number of rotatable bonds is 3. The number of ether oxygens (including phenoxy) is 1. The number of pyridine rings is 2. The van der Waals surface area contributed by atoms with E-state index < -0.39 is 0 Å². The van der Waals surface area contributed by atoms with Crippen LogP contribution in [0.15, 0.2) is 30.6 Å². The highest BCUT2D eigenvalue weighted by Crippen LogP contribution is 2.29. The largest absolute Gasteiger partial charge is 0.436 e. The van der Waals surface area contributed by atoms with E-state index in [9.17, 15) is 0 Å². The number of nitrogens with two attached hydrogens (primary N) is 1. The summed E-state index contributed by atoms with van der Waals surface area (Å²) in [5.41, 5.74) is 7.28. The molecule has 0 saturated heterocycles. The van der Waals surface area contributed by atoms with Crippen LogP contribution in [0, 0.1) is 6.92 Å². The van der Waals surface area contributed by atoms with Gasteiger partial charge in [-0.05, 0) is 30.7 Å². The van der Waals surface area contributed by atoms with Gasteiger partial charge in [0, 0.05) is 18.4 Å². The molecule has 0 aliphatic carbocycles. The monoisotopic (exact) mass is 249 g/mol. The normalized spacial score (nSPS) is 10.3. The second-order valence-electron chi connectivity index (χ2n) is 3.53. The van der Waals surface area contributed by atoms with E-state index in [1.54, 1.807) is 18.5 Å². The van der Waals surface area contributed by atoms with Crippen LogP contribution in [-0.4, -0.2) is 9.97 Å². The Labute approximate surface area is 104 Å². The highest BCUT2D eigenvalue weighted by Gasteiger charge is 2.08. The summed E-state index contributed by atoms with van der Waals surface area (Å²) in [5.74, 6) is 0.944. The molecule has 0 radical (unpaired) electrons. The fourth-order valence-corrected chi connectivity index (χ4v) is 1.54. The first-order valence-corrected chi connectivity index (χ1v) is 5.52. The summed E-state index contributed by atoms with van der Waals surface area (Å²) in [6.45, 7) is 2.26. The molecule has 0 fully saturated rings. The minimum absolute atomic E-state index is 0.347. The Morgan fingerprint density at radius 1 is 1.29 bits per heavy atom. The van der Waals surface area contributed by atoms with Gasteiger partial charge in [-0.25, -0.2) is 4.98 Å². The first-order chi connectivity index (χ1) is 8.20. The van der Waals surface area contributed by atoms with Crippen molar-refractivity contribution in [1.82, 2.24) is 9.97 Å². The highest BCUT2D eigenvalue weighted by atomic mass is 35.5. The van der Waals surface area contributed by atoms with E-state index in [2.05, 4.69) is 9.97 Å². The molecule has 0 spiro atoms. The summed E-state index contributed by atoms with van der Waals surface area (Å²) in [4.78, 5) is 8.19. The number of hydrogen-bond acceptors (Lipinski definition) is 4. The Morgan fingerprint density at radius 3 is 2.76 bits per heavy atom. The van der Waals surface area contributed by atoms with Gasteiger partial charge >= 0.3 is 0 Å². The van der Waals surface area contributed by atoms with Crippen LogP contribution in [-0.2, 0) is 6.54 Å². The van der Waals surface area contributed by atoms with Gasteiger partial charge in [0.15, 0.2) is 0 Å². The van der Waals surface area contributed by atoms with Crippen molar-refractivity contribution in [3.05, 3.63) is 46.9 Å². The second kappa shape index (κ2) is 5.12. The van der Waals surface area contributed by atoms with E-state index in [0.717, 1.165) is 11.3 Å². The molecular formula is C12H12ClN3O. The third-order valence-corrected chi connectivity index (χ3v) is 2.66.